The molecule has 0 aliphatic rings. The normalized spacial score (nSPS) is 12.5. The fourth-order valence-electron chi connectivity index (χ4n) is 2.58. The molecule has 0 amide bonds. The summed E-state index contributed by atoms with van der Waals surface area (Å²) in [6.45, 7) is 3.03. The Kier molecular flexibility index (Phi) is 3.93. The summed E-state index contributed by atoms with van der Waals surface area (Å²) in [6, 6.07) is 17.0. The van der Waals surface area contributed by atoms with Crippen LogP contribution in [0.4, 0.5) is 0 Å². The second-order valence-electron chi connectivity index (χ2n) is 5.23. The Labute approximate surface area is 125 Å². The standard InChI is InChI=1S/C18H20N2O/c1-13(14-6-8-16(21-2)9-7-14)20-12-15-4-3-5-18-17(15)10-11-19-18/h3-11,13,19-20H,12H2,1-2H3. The maximum absolute atomic E-state index is 5.19. The number of hydrogen-bond donors (Lipinski definition) is 2. The molecule has 2 aromatic carbocycles. The number of rotatable bonds is 5. The van der Waals surface area contributed by atoms with Gasteiger partial charge in [0.05, 0.1) is 7.11 Å². The molecular weight excluding hydrogens is 260 g/mol. The number of benzene rings is 2. The van der Waals surface area contributed by atoms with Crippen molar-refractivity contribution in [2.45, 2.75) is 19.5 Å². The van der Waals surface area contributed by atoms with Crippen molar-refractivity contribution in [2.75, 3.05) is 7.11 Å². The Bertz CT molecular complexity index is 715. The number of nitrogens with one attached hydrogen (secondary N) is 2. The van der Waals surface area contributed by atoms with Crippen LogP contribution < -0.4 is 10.1 Å². The molecule has 3 nitrogen and oxygen atoms in total. The largest absolute Gasteiger partial charge is 0.497 e. The number of methoxy groups -OCH3 is 1. The van der Waals surface area contributed by atoms with Gasteiger partial charge in [-0.1, -0.05) is 24.3 Å². The van der Waals surface area contributed by atoms with Gasteiger partial charge in [0.1, 0.15) is 5.75 Å². The molecule has 0 spiro atoms. The molecule has 0 bridgehead atoms. The Morgan fingerprint density at radius 1 is 1.10 bits per heavy atom. The maximum Gasteiger partial charge on any atom is 0.118 e. The lowest BCUT2D eigenvalue weighted by Gasteiger charge is -2.15. The lowest BCUT2D eigenvalue weighted by Crippen LogP contribution is -2.18. The predicted octanol–water partition coefficient (Wildman–Crippen LogP) is 4.03. The first-order chi connectivity index (χ1) is 10.3. The summed E-state index contributed by atoms with van der Waals surface area (Å²) in [5.41, 5.74) is 3.76. The van der Waals surface area contributed by atoms with Crippen molar-refractivity contribution in [3.63, 3.8) is 0 Å². The van der Waals surface area contributed by atoms with E-state index in [2.05, 4.69) is 53.6 Å². The average Bonchev–Trinajstić information content (AvgIpc) is 3.02. The van der Waals surface area contributed by atoms with Crippen LogP contribution in [0.25, 0.3) is 10.9 Å². The van der Waals surface area contributed by atoms with Crippen molar-refractivity contribution in [1.82, 2.24) is 10.3 Å². The predicted molar refractivity (Wildman–Crippen MR) is 86.5 cm³/mol. The van der Waals surface area contributed by atoms with Gasteiger partial charge in [-0.15, -0.1) is 0 Å². The number of aromatic nitrogens is 1. The van der Waals surface area contributed by atoms with Gasteiger partial charge in [-0.25, -0.2) is 0 Å². The third kappa shape index (κ3) is 2.93. The molecule has 1 aromatic heterocycles. The van der Waals surface area contributed by atoms with Crippen molar-refractivity contribution < 1.29 is 4.74 Å². The Hall–Kier alpha value is -2.26. The van der Waals surface area contributed by atoms with E-state index in [1.807, 2.05) is 18.3 Å². The van der Waals surface area contributed by atoms with E-state index in [0.717, 1.165) is 12.3 Å². The van der Waals surface area contributed by atoms with Crippen molar-refractivity contribution >= 4 is 10.9 Å². The van der Waals surface area contributed by atoms with E-state index in [4.69, 9.17) is 4.74 Å². The topological polar surface area (TPSA) is 37.0 Å². The van der Waals surface area contributed by atoms with E-state index in [1.165, 1.54) is 22.0 Å². The molecule has 108 valence electrons. The molecule has 0 aliphatic heterocycles. The summed E-state index contributed by atoms with van der Waals surface area (Å²) >= 11 is 0. The van der Waals surface area contributed by atoms with Crippen molar-refractivity contribution in [1.29, 1.82) is 0 Å². The third-order valence-corrected chi connectivity index (χ3v) is 3.90. The molecule has 0 saturated heterocycles. The zero-order valence-corrected chi connectivity index (χ0v) is 12.4. The quantitative estimate of drug-likeness (QED) is 0.740. The molecule has 1 heterocycles. The molecule has 3 rings (SSSR count). The smallest absolute Gasteiger partial charge is 0.118 e. The highest BCUT2D eigenvalue weighted by Gasteiger charge is 2.07. The lowest BCUT2D eigenvalue weighted by molar-refractivity contribution is 0.414. The first-order valence-electron chi connectivity index (χ1n) is 7.20. The van der Waals surface area contributed by atoms with Crippen LogP contribution in [0.1, 0.15) is 24.1 Å². The molecule has 0 fully saturated rings. The van der Waals surface area contributed by atoms with Crippen LogP contribution in [0.5, 0.6) is 5.75 Å². The highest BCUT2D eigenvalue weighted by atomic mass is 16.5. The summed E-state index contributed by atoms with van der Waals surface area (Å²) < 4.78 is 5.19. The molecule has 2 N–H and O–H groups in total. The monoisotopic (exact) mass is 280 g/mol. The fraction of sp³-hybridized carbons (Fsp3) is 0.222. The van der Waals surface area contributed by atoms with Gasteiger partial charge in [0, 0.05) is 29.7 Å². The van der Waals surface area contributed by atoms with Crippen LogP contribution in [-0.4, -0.2) is 12.1 Å². The molecule has 0 radical (unpaired) electrons. The van der Waals surface area contributed by atoms with Crippen molar-refractivity contribution in [2.24, 2.45) is 0 Å². The highest BCUT2D eigenvalue weighted by Crippen LogP contribution is 2.20. The summed E-state index contributed by atoms with van der Waals surface area (Å²) in [6.07, 6.45) is 1.99. The molecular formula is C18H20N2O. The van der Waals surface area contributed by atoms with E-state index in [1.54, 1.807) is 7.11 Å². The summed E-state index contributed by atoms with van der Waals surface area (Å²) in [5.74, 6) is 0.892. The highest BCUT2D eigenvalue weighted by molar-refractivity contribution is 5.82. The first-order valence-corrected chi connectivity index (χ1v) is 7.20. The van der Waals surface area contributed by atoms with Gasteiger partial charge in [-0.05, 0) is 42.3 Å². The third-order valence-electron chi connectivity index (χ3n) is 3.90. The number of hydrogen-bond acceptors (Lipinski definition) is 2. The molecule has 3 heteroatoms. The zero-order valence-electron chi connectivity index (χ0n) is 12.4. The SMILES string of the molecule is COc1ccc(C(C)NCc2cccc3[nH]ccc23)cc1. The van der Waals surface area contributed by atoms with E-state index in [9.17, 15) is 0 Å². The molecule has 3 aromatic rings. The Morgan fingerprint density at radius 2 is 1.90 bits per heavy atom. The van der Waals surface area contributed by atoms with Crippen LogP contribution in [0.3, 0.4) is 0 Å². The van der Waals surface area contributed by atoms with Gasteiger partial charge in [0.2, 0.25) is 0 Å². The number of H-pyrrole nitrogens is 1. The summed E-state index contributed by atoms with van der Waals surface area (Å²) in [7, 11) is 1.69. The average molecular weight is 280 g/mol. The van der Waals surface area contributed by atoms with E-state index in [0.29, 0.717) is 6.04 Å². The Morgan fingerprint density at radius 3 is 2.67 bits per heavy atom. The lowest BCUT2D eigenvalue weighted by atomic mass is 10.1. The van der Waals surface area contributed by atoms with Crippen LogP contribution in [-0.2, 0) is 6.54 Å². The number of fused-ring (bicyclic) bond motifs is 1. The molecule has 21 heavy (non-hydrogen) atoms. The summed E-state index contributed by atoms with van der Waals surface area (Å²) in [4.78, 5) is 3.25. The van der Waals surface area contributed by atoms with Crippen LogP contribution in [0.2, 0.25) is 0 Å². The van der Waals surface area contributed by atoms with E-state index >= 15 is 0 Å². The van der Waals surface area contributed by atoms with Gasteiger partial charge in [0.25, 0.3) is 0 Å². The first kappa shape index (κ1) is 13.7. The zero-order chi connectivity index (χ0) is 14.7. The van der Waals surface area contributed by atoms with Crippen molar-refractivity contribution in [3.8, 4) is 5.75 Å². The van der Waals surface area contributed by atoms with Crippen LogP contribution in [0.15, 0.2) is 54.7 Å². The van der Waals surface area contributed by atoms with Crippen LogP contribution >= 0.6 is 0 Å². The minimum atomic E-state index is 0.296. The minimum absolute atomic E-state index is 0.296. The van der Waals surface area contributed by atoms with Crippen LogP contribution in [0, 0.1) is 0 Å². The van der Waals surface area contributed by atoms with Gasteiger partial charge in [-0.3, -0.25) is 0 Å². The fourth-order valence-corrected chi connectivity index (χ4v) is 2.58. The van der Waals surface area contributed by atoms with E-state index in [-0.39, 0.29) is 0 Å². The van der Waals surface area contributed by atoms with E-state index < -0.39 is 0 Å². The maximum atomic E-state index is 5.19. The minimum Gasteiger partial charge on any atom is -0.497 e. The number of ether oxygens (including phenoxy) is 1. The van der Waals surface area contributed by atoms with Crippen molar-refractivity contribution in [3.05, 3.63) is 65.9 Å². The molecule has 1 unspecified atom stereocenters. The summed E-state index contributed by atoms with van der Waals surface area (Å²) in [5, 5.41) is 4.86. The Balaban J connectivity index is 1.70. The van der Waals surface area contributed by atoms with Gasteiger partial charge < -0.3 is 15.0 Å². The van der Waals surface area contributed by atoms with Gasteiger partial charge >= 0.3 is 0 Å². The molecule has 1 atom stereocenters. The van der Waals surface area contributed by atoms with Gasteiger partial charge in [-0.2, -0.15) is 0 Å². The van der Waals surface area contributed by atoms with Gasteiger partial charge in [0.15, 0.2) is 0 Å². The molecule has 0 saturated carbocycles. The number of aromatic amines is 1. The second-order valence-corrected chi connectivity index (χ2v) is 5.23. The molecule has 0 aliphatic carbocycles. The second kappa shape index (κ2) is 6.02.